The van der Waals surface area contributed by atoms with Gasteiger partial charge in [0.2, 0.25) is 5.95 Å². The minimum absolute atomic E-state index is 0.312. The topological polar surface area (TPSA) is 108 Å². The number of likely N-dealkylation sites (N-methyl/N-ethyl adjacent to an activating group) is 1. The van der Waals surface area contributed by atoms with Gasteiger partial charge in [0, 0.05) is 31.0 Å². The summed E-state index contributed by atoms with van der Waals surface area (Å²) in [6.07, 6.45) is 2.59. The van der Waals surface area contributed by atoms with E-state index in [-0.39, 0.29) is 5.56 Å². The molecule has 0 amide bonds. The molecule has 3 heterocycles. The molecule has 0 fully saturated rings. The largest absolute Gasteiger partial charge is 0.495 e. The molecule has 2 aromatic heterocycles. The van der Waals surface area contributed by atoms with Gasteiger partial charge in [-0.1, -0.05) is 12.1 Å². The monoisotopic (exact) mass is 458 g/mol. The van der Waals surface area contributed by atoms with E-state index >= 15 is 0 Å². The lowest BCUT2D eigenvalue weighted by molar-refractivity contribution is 0.312. The number of anilines is 3. The summed E-state index contributed by atoms with van der Waals surface area (Å²) in [5, 5.41) is 3.84. The third-order valence-electron chi connectivity index (χ3n) is 6.09. The Hall–Kier alpha value is -4.11. The molecule has 34 heavy (non-hydrogen) atoms. The van der Waals surface area contributed by atoms with Gasteiger partial charge in [-0.05, 0) is 48.9 Å². The number of hydrogen-bond acceptors (Lipinski definition) is 8. The normalized spacial score (nSPS) is 13.5. The van der Waals surface area contributed by atoms with Crippen LogP contribution >= 0.6 is 0 Å². The molecule has 1 aliphatic rings. The molecule has 0 atom stereocenters. The van der Waals surface area contributed by atoms with E-state index in [4.69, 9.17) is 15.2 Å². The molecule has 2 aromatic carbocycles. The van der Waals surface area contributed by atoms with Crippen molar-refractivity contribution in [1.82, 2.24) is 19.4 Å². The molecule has 174 valence electrons. The SMILES string of the molecule is COc1cc2c(cc1Nc1ncc3c(N)cc(=O)n(-c4ccccc4OC)c3n1)CN(C)CC2. The lowest BCUT2D eigenvalue weighted by Gasteiger charge is -2.26. The highest BCUT2D eigenvalue weighted by molar-refractivity contribution is 5.89. The summed E-state index contributed by atoms with van der Waals surface area (Å²) in [5.74, 6) is 1.58. The molecule has 0 saturated heterocycles. The molecule has 9 heteroatoms. The number of ether oxygens (including phenoxy) is 2. The number of fused-ring (bicyclic) bond motifs is 2. The van der Waals surface area contributed by atoms with Crippen LogP contribution in [0.5, 0.6) is 11.5 Å². The minimum atomic E-state index is -0.312. The van der Waals surface area contributed by atoms with Gasteiger partial charge in [-0.25, -0.2) is 4.98 Å². The molecule has 0 bridgehead atoms. The first-order chi connectivity index (χ1) is 16.5. The Morgan fingerprint density at radius 1 is 1.06 bits per heavy atom. The van der Waals surface area contributed by atoms with Crippen LogP contribution in [-0.4, -0.2) is 47.2 Å². The predicted octanol–water partition coefficient (Wildman–Crippen LogP) is 3.11. The van der Waals surface area contributed by atoms with Crippen LogP contribution in [0.25, 0.3) is 16.7 Å². The van der Waals surface area contributed by atoms with E-state index in [1.165, 1.54) is 21.8 Å². The maximum atomic E-state index is 13.0. The van der Waals surface area contributed by atoms with Crippen LogP contribution in [0.1, 0.15) is 11.1 Å². The number of nitrogens with two attached hydrogens (primary N) is 1. The number of aromatic nitrogens is 3. The maximum absolute atomic E-state index is 13.0. The van der Waals surface area contributed by atoms with Crippen LogP contribution in [0.2, 0.25) is 0 Å². The fourth-order valence-corrected chi connectivity index (χ4v) is 4.35. The van der Waals surface area contributed by atoms with Gasteiger partial charge in [0.05, 0.1) is 31.0 Å². The van der Waals surface area contributed by atoms with E-state index in [2.05, 4.69) is 39.4 Å². The van der Waals surface area contributed by atoms with Crippen molar-refractivity contribution in [3.63, 3.8) is 0 Å². The van der Waals surface area contributed by atoms with Crippen molar-refractivity contribution in [2.45, 2.75) is 13.0 Å². The summed E-state index contributed by atoms with van der Waals surface area (Å²) in [7, 11) is 5.31. The van der Waals surface area contributed by atoms with Crippen molar-refractivity contribution in [3.05, 3.63) is 70.1 Å². The molecular formula is C25H26N6O3. The summed E-state index contributed by atoms with van der Waals surface area (Å²) < 4.78 is 12.6. The molecule has 1 aliphatic heterocycles. The van der Waals surface area contributed by atoms with Crippen LogP contribution in [0, 0.1) is 0 Å². The standard InChI is InChI=1S/C25H26N6O3/c1-30-9-8-15-11-22(34-3)19(10-16(15)14-30)28-25-27-13-17-18(26)12-23(32)31(24(17)29-25)20-6-4-5-7-21(20)33-2/h4-7,10-13H,8-9,14,26H2,1-3H3,(H,27,28,29). The molecule has 0 spiro atoms. The molecule has 0 unspecified atom stereocenters. The molecule has 0 saturated carbocycles. The average molecular weight is 459 g/mol. The van der Waals surface area contributed by atoms with E-state index in [1.807, 2.05) is 12.1 Å². The second kappa shape index (κ2) is 8.68. The number of pyridine rings is 1. The first-order valence-corrected chi connectivity index (χ1v) is 11.0. The van der Waals surface area contributed by atoms with Crippen molar-refractivity contribution >= 4 is 28.4 Å². The van der Waals surface area contributed by atoms with Gasteiger partial charge in [-0.3, -0.25) is 9.36 Å². The Bertz CT molecular complexity index is 1450. The Morgan fingerprint density at radius 3 is 2.65 bits per heavy atom. The van der Waals surface area contributed by atoms with Gasteiger partial charge in [0.25, 0.3) is 5.56 Å². The average Bonchev–Trinajstić information content (AvgIpc) is 2.83. The van der Waals surface area contributed by atoms with Crippen molar-refractivity contribution in [2.24, 2.45) is 0 Å². The fourth-order valence-electron chi connectivity index (χ4n) is 4.35. The number of nitrogens with one attached hydrogen (secondary N) is 1. The van der Waals surface area contributed by atoms with E-state index in [0.717, 1.165) is 25.2 Å². The first-order valence-electron chi connectivity index (χ1n) is 11.0. The quantitative estimate of drug-likeness (QED) is 0.470. The Kier molecular flexibility index (Phi) is 5.54. The van der Waals surface area contributed by atoms with Gasteiger partial charge in [0.1, 0.15) is 11.5 Å². The van der Waals surface area contributed by atoms with Crippen LogP contribution in [0.4, 0.5) is 17.3 Å². The fraction of sp³-hybridized carbons (Fsp3) is 0.240. The minimum Gasteiger partial charge on any atom is -0.495 e. The molecule has 0 radical (unpaired) electrons. The molecular weight excluding hydrogens is 432 g/mol. The number of hydrogen-bond donors (Lipinski definition) is 2. The summed E-state index contributed by atoms with van der Waals surface area (Å²) in [6.45, 7) is 1.87. The van der Waals surface area contributed by atoms with E-state index in [1.54, 1.807) is 32.5 Å². The second-order valence-electron chi connectivity index (χ2n) is 8.31. The maximum Gasteiger partial charge on any atom is 0.258 e. The van der Waals surface area contributed by atoms with Crippen LogP contribution in [0.15, 0.2) is 53.5 Å². The van der Waals surface area contributed by atoms with Crippen LogP contribution in [0.3, 0.4) is 0 Å². The molecule has 4 aromatic rings. The summed E-state index contributed by atoms with van der Waals surface area (Å²) in [4.78, 5) is 24.4. The predicted molar refractivity (Wildman–Crippen MR) is 132 cm³/mol. The number of benzene rings is 2. The van der Waals surface area contributed by atoms with E-state index in [0.29, 0.717) is 39.9 Å². The van der Waals surface area contributed by atoms with E-state index < -0.39 is 0 Å². The number of methoxy groups -OCH3 is 2. The van der Waals surface area contributed by atoms with Crippen molar-refractivity contribution in [2.75, 3.05) is 38.9 Å². The highest BCUT2D eigenvalue weighted by Gasteiger charge is 2.19. The van der Waals surface area contributed by atoms with Gasteiger partial charge in [-0.2, -0.15) is 4.98 Å². The number of nitrogens with zero attached hydrogens (tertiary/aromatic N) is 4. The number of nitrogen functional groups attached to an aromatic ring is 1. The third kappa shape index (κ3) is 3.80. The Balaban J connectivity index is 1.64. The van der Waals surface area contributed by atoms with Gasteiger partial charge in [0.15, 0.2) is 5.65 Å². The highest BCUT2D eigenvalue weighted by Crippen LogP contribution is 2.33. The van der Waals surface area contributed by atoms with Crippen LogP contribution < -0.4 is 26.1 Å². The van der Waals surface area contributed by atoms with Gasteiger partial charge in [-0.15, -0.1) is 0 Å². The smallest absolute Gasteiger partial charge is 0.258 e. The molecule has 9 nitrogen and oxygen atoms in total. The zero-order chi connectivity index (χ0) is 23.8. The second-order valence-corrected chi connectivity index (χ2v) is 8.31. The lowest BCUT2D eigenvalue weighted by Crippen LogP contribution is -2.26. The Labute approximate surface area is 196 Å². The first kappa shape index (κ1) is 21.7. The summed E-state index contributed by atoms with van der Waals surface area (Å²) >= 11 is 0. The zero-order valence-corrected chi connectivity index (χ0v) is 19.3. The van der Waals surface area contributed by atoms with Crippen molar-refractivity contribution in [3.8, 4) is 17.2 Å². The Morgan fingerprint density at radius 2 is 1.85 bits per heavy atom. The van der Waals surface area contributed by atoms with Crippen molar-refractivity contribution < 1.29 is 9.47 Å². The van der Waals surface area contributed by atoms with Crippen LogP contribution in [-0.2, 0) is 13.0 Å². The molecule has 5 rings (SSSR count). The lowest BCUT2D eigenvalue weighted by atomic mass is 9.99. The zero-order valence-electron chi connectivity index (χ0n) is 19.3. The highest BCUT2D eigenvalue weighted by atomic mass is 16.5. The third-order valence-corrected chi connectivity index (χ3v) is 6.09. The molecule has 0 aliphatic carbocycles. The molecule has 3 N–H and O–H groups in total. The van der Waals surface area contributed by atoms with Gasteiger partial charge >= 0.3 is 0 Å². The number of para-hydroxylation sites is 2. The summed E-state index contributed by atoms with van der Waals surface area (Å²) in [6, 6.07) is 12.8. The number of rotatable bonds is 5. The van der Waals surface area contributed by atoms with Crippen molar-refractivity contribution in [1.29, 1.82) is 0 Å². The van der Waals surface area contributed by atoms with Gasteiger partial charge < -0.3 is 25.4 Å². The summed E-state index contributed by atoms with van der Waals surface area (Å²) in [5.41, 5.74) is 10.4. The van der Waals surface area contributed by atoms with E-state index in [9.17, 15) is 4.79 Å².